The second kappa shape index (κ2) is 9.69. The molecular formula is C25H30N4O2. The Hall–Kier alpha value is -3.28. The number of benzene rings is 2. The Bertz CT molecular complexity index is 1000. The topological polar surface area (TPSA) is 61.5 Å². The van der Waals surface area contributed by atoms with Gasteiger partial charge in [-0.05, 0) is 49.2 Å². The van der Waals surface area contributed by atoms with Crippen molar-refractivity contribution in [1.29, 1.82) is 0 Å². The fraction of sp³-hybridized carbons (Fsp3) is 0.360. The highest BCUT2D eigenvalue weighted by atomic mass is 16.5. The molecule has 0 aliphatic carbocycles. The molecule has 0 unspecified atom stereocenters. The van der Waals surface area contributed by atoms with Crippen molar-refractivity contribution in [3.8, 4) is 17.0 Å². The van der Waals surface area contributed by atoms with Gasteiger partial charge in [0, 0.05) is 37.4 Å². The van der Waals surface area contributed by atoms with Crippen LogP contribution in [0.2, 0.25) is 0 Å². The molecule has 2 heterocycles. The zero-order valence-corrected chi connectivity index (χ0v) is 18.3. The van der Waals surface area contributed by atoms with Crippen LogP contribution in [0.5, 0.6) is 5.75 Å². The Kier molecular flexibility index (Phi) is 6.55. The first-order valence-electron chi connectivity index (χ1n) is 11.0. The number of H-pyrrole nitrogens is 1. The van der Waals surface area contributed by atoms with Gasteiger partial charge in [0.1, 0.15) is 5.75 Å². The van der Waals surface area contributed by atoms with E-state index in [2.05, 4.69) is 53.2 Å². The molecule has 31 heavy (non-hydrogen) atoms. The normalized spacial score (nSPS) is 14.0. The van der Waals surface area contributed by atoms with Crippen LogP contribution >= 0.6 is 0 Å². The average molecular weight is 419 g/mol. The lowest BCUT2D eigenvalue weighted by atomic mass is 10.1. The predicted octanol–water partition coefficient (Wildman–Crippen LogP) is 4.53. The number of nitrogens with zero attached hydrogens (tertiary/aromatic N) is 3. The summed E-state index contributed by atoms with van der Waals surface area (Å²) < 4.78 is 5.74. The summed E-state index contributed by atoms with van der Waals surface area (Å²) in [5.74, 6) is 0.869. The second-order valence-corrected chi connectivity index (χ2v) is 7.95. The Morgan fingerprint density at radius 3 is 2.52 bits per heavy atom. The molecule has 6 nitrogen and oxygen atoms in total. The van der Waals surface area contributed by atoms with Crippen molar-refractivity contribution in [2.24, 2.45) is 0 Å². The molecule has 1 aliphatic rings. The van der Waals surface area contributed by atoms with Crippen molar-refractivity contribution < 1.29 is 9.53 Å². The first-order valence-corrected chi connectivity index (χ1v) is 11.0. The van der Waals surface area contributed by atoms with Crippen molar-refractivity contribution in [2.75, 3.05) is 37.7 Å². The SMILES string of the molecule is CCCCOc1ccc(-c2[nH]ncc2C(=O)N2CCN(c3ccccc3C)CC2)cc1. The van der Waals surface area contributed by atoms with Crippen LogP contribution < -0.4 is 9.64 Å². The molecule has 4 rings (SSSR count). The molecule has 2 aromatic carbocycles. The molecule has 1 amide bonds. The smallest absolute Gasteiger partial charge is 0.257 e. The van der Waals surface area contributed by atoms with Crippen LogP contribution in [0.3, 0.4) is 0 Å². The maximum atomic E-state index is 13.2. The zero-order chi connectivity index (χ0) is 21.6. The van der Waals surface area contributed by atoms with E-state index in [1.165, 1.54) is 11.3 Å². The highest BCUT2D eigenvalue weighted by Gasteiger charge is 2.25. The Morgan fingerprint density at radius 1 is 1.06 bits per heavy atom. The van der Waals surface area contributed by atoms with Gasteiger partial charge in [-0.1, -0.05) is 31.5 Å². The van der Waals surface area contributed by atoms with E-state index in [1.807, 2.05) is 29.2 Å². The number of aryl methyl sites for hydroxylation is 1. The summed E-state index contributed by atoms with van der Waals surface area (Å²) in [6.07, 6.45) is 3.78. The number of unbranched alkanes of at least 4 members (excludes halogenated alkanes) is 1. The van der Waals surface area contributed by atoms with E-state index in [1.54, 1.807) is 6.20 Å². The zero-order valence-electron chi connectivity index (χ0n) is 18.3. The lowest BCUT2D eigenvalue weighted by Crippen LogP contribution is -2.49. The van der Waals surface area contributed by atoms with Crippen molar-refractivity contribution in [3.05, 3.63) is 65.9 Å². The van der Waals surface area contributed by atoms with Gasteiger partial charge >= 0.3 is 0 Å². The fourth-order valence-electron chi connectivity index (χ4n) is 3.96. The van der Waals surface area contributed by atoms with Crippen LogP contribution in [-0.2, 0) is 0 Å². The number of amides is 1. The van der Waals surface area contributed by atoms with E-state index in [4.69, 9.17) is 4.74 Å². The minimum atomic E-state index is 0.0245. The van der Waals surface area contributed by atoms with Crippen LogP contribution in [0.1, 0.15) is 35.7 Å². The number of carbonyl (C=O) groups is 1. The van der Waals surface area contributed by atoms with Crippen LogP contribution in [0.4, 0.5) is 5.69 Å². The number of carbonyl (C=O) groups excluding carboxylic acids is 1. The van der Waals surface area contributed by atoms with Gasteiger partial charge in [-0.25, -0.2) is 0 Å². The number of hydrogen-bond donors (Lipinski definition) is 1. The molecule has 0 saturated carbocycles. The summed E-state index contributed by atoms with van der Waals surface area (Å²) in [6.45, 7) is 8.04. The van der Waals surface area contributed by atoms with Crippen LogP contribution in [0, 0.1) is 6.92 Å². The van der Waals surface area contributed by atoms with Gasteiger partial charge in [0.15, 0.2) is 0 Å². The quantitative estimate of drug-likeness (QED) is 0.573. The lowest BCUT2D eigenvalue weighted by molar-refractivity contribution is 0.0747. The summed E-state index contributed by atoms with van der Waals surface area (Å²) in [6, 6.07) is 16.2. The van der Waals surface area contributed by atoms with Gasteiger partial charge in [-0.2, -0.15) is 5.10 Å². The van der Waals surface area contributed by atoms with Gasteiger partial charge in [-0.3, -0.25) is 9.89 Å². The average Bonchev–Trinajstić information content (AvgIpc) is 3.30. The summed E-state index contributed by atoms with van der Waals surface area (Å²) in [5, 5.41) is 7.16. The maximum absolute atomic E-state index is 13.2. The number of anilines is 1. The monoisotopic (exact) mass is 418 g/mol. The van der Waals surface area contributed by atoms with Crippen molar-refractivity contribution >= 4 is 11.6 Å². The Morgan fingerprint density at radius 2 is 1.81 bits per heavy atom. The van der Waals surface area contributed by atoms with Crippen LogP contribution in [-0.4, -0.2) is 53.8 Å². The Balaban J connectivity index is 1.42. The summed E-state index contributed by atoms with van der Waals surface area (Å²) in [7, 11) is 0. The summed E-state index contributed by atoms with van der Waals surface area (Å²) in [5.41, 5.74) is 4.82. The standard InChI is InChI=1S/C25H30N4O2/c1-3-4-17-31-21-11-9-20(10-12-21)24-22(18-26-27-24)25(30)29-15-13-28(14-16-29)23-8-6-5-7-19(23)2/h5-12,18H,3-4,13-17H2,1-2H3,(H,26,27). The van der Waals surface area contributed by atoms with E-state index in [0.29, 0.717) is 18.7 Å². The lowest BCUT2D eigenvalue weighted by Gasteiger charge is -2.36. The van der Waals surface area contributed by atoms with E-state index < -0.39 is 0 Å². The molecule has 1 aromatic heterocycles. The fourth-order valence-corrected chi connectivity index (χ4v) is 3.96. The number of piperazine rings is 1. The summed E-state index contributed by atoms with van der Waals surface area (Å²) in [4.78, 5) is 17.5. The van der Waals surface area contributed by atoms with Gasteiger partial charge in [0.25, 0.3) is 5.91 Å². The van der Waals surface area contributed by atoms with Crippen molar-refractivity contribution in [1.82, 2.24) is 15.1 Å². The largest absolute Gasteiger partial charge is 0.494 e. The van der Waals surface area contributed by atoms with E-state index in [-0.39, 0.29) is 5.91 Å². The number of ether oxygens (including phenoxy) is 1. The number of aromatic amines is 1. The van der Waals surface area contributed by atoms with Crippen molar-refractivity contribution in [2.45, 2.75) is 26.7 Å². The molecule has 0 radical (unpaired) electrons. The maximum Gasteiger partial charge on any atom is 0.257 e. The molecule has 1 aliphatic heterocycles. The highest BCUT2D eigenvalue weighted by Crippen LogP contribution is 2.26. The van der Waals surface area contributed by atoms with Crippen molar-refractivity contribution in [3.63, 3.8) is 0 Å². The van der Waals surface area contributed by atoms with Gasteiger partial charge in [-0.15, -0.1) is 0 Å². The van der Waals surface area contributed by atoms with E-state index in [9.17, 15) is 4.79 Å². The van der Waals surface area contributed by atoms with Gasteiger partial charge < -0.3 is 14.5 Å². The molecule has 6 heteroatoms. The number of nitrogens with one attached hydrogen (secondary N) is 1. The Labute approximate surface area is 183 Å². The van der Waals surface area contributed by atoms with Gasteiger partial charge in [0.2, 0.25) is 0 Å². The second-order valence-electron chi connectivity index (χ2n) is 7.95. The minimum Gasteiger partial charge on any atom is -0.494 e. The minimum absolute atomic E-state index is 0.0245. The van der Waals surface area contributed by atoms with Crippen LogP contribution in [0.15, 0.2) is 54.7 Å². The molecule has 0 atom stereocenters. The first kappa shape index (κ1) is 21.0. The number of aromatic nitrogens is 2. The number of para-hydroxylation sites is 1. The van der Waals surface area contributed by atoms with E-state index in [0.717, 1.165) is 49.5 Å². The van der Waals surface area contributed by atoms with Gasteiger partial charge in [0.05, 0.1) is 24.1 Å². The number of rotatable bonds is 7. The molecule has 162 valence electrons. The molecular weight excluding hydrogens is 388 g/mol. The molecule has 1 fully saturated rings. The third kappa shape index (κ3) is 4.74. The third-order valence-electron chi connectivity index (χ3n) is 5.80. The molecule has 3 aromatic rings. The molecule has 0 spiro atoms. The van der Waals surface area contributed by atoms with Crippen LogP contribution in [0.25, 0.3) is 11.3 Å². The summed E-state index contributed by atoms with van der Waals surface area (Å²) >= 11 is 0. The molecule has 1 saturated heterocycles. The third-order valence-corrected chi connectivity index (χ3v) is 5.80. The molecule has 1 N–H and O–H groups in total. The molecule has 0 bridgehead atoms. The highest BCUT2D eigenvalue weighted by molar-refractivity contribution is 5.99. The predicted molar refractivity (Wildman–Crippen MR) is 124 cm³/mol. The number of hydrogen-bond acceptors (Lipinski definition) is 4. The first-order chi connectivity index (χ1) is 15.2. The van der Waals surface area contributed by atoms with E-state index >= 15 is 0 Å².